The number of rotatable bonds is 7. The number of nitrogens with zero attached hydrogens (tertiary/aromatic N) is 3. The lowest BCUT2D eigenvalue weighted by atomic mass is 10.1. The molecule has 0 spiro atoms. The van der Waals surface area contributed by atoms with Crippen LogP contribution in [0.15, 0.2) is 40.9 Å². The molecule has 2 aromatic heterocycles. The Balaban J connectivity index is 1.42. The van der Waals surface area contributed by atoms with E-state index in [1.807, 2.05) is 26.0 Å². The first kappa shape index (κ1) is 18.3. The second-order valence-corrected chi connectivity index (χ2v) is 8.89. The third-order valence-corrected chi connectivity index (χ3v) is 6.37. The SMILES string of the molecule is Cc1ccc(NC(=O)CSc2nnc(Cc3cccs3)n2C2CC2)c(C)c1. The third-order valence-electron chi connectivity index (χ3n) is 4.55. The van der Waals surface area contributed by atoms with E-state index in [0.29, 0.717) is 11.8 Å². The average molecular weight is 399 g/mol. The van der Waals surface area contributed by atoms with E-state index in [1.165, 1.54) is 22.2 Å². The van der Waals surface area contributed by atoms with Crippen molar-refractivity contribution in [3.8, 4) is 0 Å². The number of anilines is 1. The van der Waals surface area contributed by atoms with Crippen LogP contribution in [0.25, 0.3) is 0 Å². The molecule has 0 unspecified atom stereocenters. The van der Waals surface area contributed by atoms with E-state index in [1.54, 1.807) is 11.3 Å². The number of amides is 1. The highest BCUT2D eigenvalue weighted by Crippen LogP contribution is 2.39. The summed E-state index contributed by atoms with van der Waals surface area (Å²) in [6.07, 6.45) is 3.13. The molecule has 27 heavy (non-hydrogen) atoms. The lowest BCUT2D eigenvalue weighted by Gasteiger charge is -2.10. The Labute approximate surface area is 167 Å². The van der Waals surface area contributed by atoms with Gasteiger partial charge in [0.25, 0.3) is 0 Å². The monoisotopic (exact) mass is 398 g/mol. The highest BCUT2D eigenvalue weighted by molar-refractivity contribution is 7.99. The summed E-state index contributed by atoms with van der Waals surface area (Å²) in [5.41, 5.74) is 3.14. The van der Waals surface area contributed by atoms with Gasteiger partial charge in [-0.15, -0.1) is 21.5 Å². The van der Waals surface area contributed by atoms with E-state index in [2.05, 4.69) is 43.7 Å². The van der Waals surface area contributed by atoms with E-state index in [0.717, 1.165) is 41.5 Å². The summed E-state index contributed by atoms with van der Waals surface area (Å²) in [5.74, 6) is 1.31. The molecule has 1 aliphatic carbocycles. The second-order valence-electron chi connectivity index (χ2n) is 6.91. The molecule has 0 aliphatic heterocycles. The van der Waals surface area contributed by atoms with Crippen LogP contribution in [0.1, 0.15) is 40.7 Å². The largest absolute Gasteiger partial charge is 0.325 e. The molecular formula is C20H22N4OS2. The van der Waals surface area contributed by atoms with Gasteiger partial charge in [-0.3, -0.25) is 4.79 Å². The van der Waals surface area contributed by atoms with E-state index in [4.69, 9.17) is 0 Å². The fraction of sp³-hybridized carbons (Fsp3) is 0.350. The van der Waals surface area contributed by atoms with E-state index < -0.39 is 0 Å². The van der Waals surface area contributed by atoms with Gasteiger partial charge in [-0.05, 0) is 49.8 Å². The average Bonchev–Trinajstić information content (AvgIpc) is 3.19. The van der Waals surface area contributed by atoms with Crippen LogP contribution in [0.4, 0.5) is 5.69 Å². The van der Waals surface area contributed by atoms with E-state index in [-0.39, 0.29) is 5.91 Å². The van der Waals surface area contributed by atoms with Crippen molar-refractivity contribution in [1.29, 1.82) is 0 Å². The quantitative estimate of drug-likeness (QED) is 0.590. The maximum absolute atomic E-state index is 12.4. The highest BCUT2D eigenvalue weighted by atomic mass is 32.2. The lowest BCUT2D eigenvalue weighted by Crippen LogP contribution is -2.15. The molecule has 1 fully saturated rings. The van der Waals surface area contributed by atoms with Gasteiger partial charge in [0.2, 0.25) is 5.91 Å². The molecule has 1 N–H and O–H groups in total. The van der Waals surface area contributed by atoms with Crippen molar-refractivity contribution >= 4 is 34.7 Å². The van der Waals surface area contributed by atoms with Crippen LogP contribution in [-0.4, -0.2) is 26.4 Å². The summed E-state index contributed by atoms with van der Waals surface area (Å²) in [6.45, 7) is 4.06. The first-order chi connectivity index (χ1) is 13.1. The maximum Gasteiger partial charge on any atom is 0.234 e. The minimum Gasteiger partial charge on any atom is -0.325 e. The maximum atomic E-state index is 12.4. The van der Waals surface area contributed by atoms with Crippen LogP contribution in [0.3, 0.4) is 0 Å². The van der Waals surface area contributed by atoms with Crippen molar-refractivity contribution in [2.45, 2.75) is 44.3 Å². The van der Waals surface area contributed by atoms with Gasteiger partial charge in [-0.1, -0.05) is 35.5 Å². The number of aryl methyl sites for hydroxylation is 2. The van der Waals surface area contributed by atoms with Crippen molar-refractivity contribution in [2.24, 2.45) is 0 Å². The van der Waals surface area contributed by atoms with Crippen molar-refractivity contribution in [3.05, 3.63) is 57.5 Å². The van der Waals surface area contributed by atoms with Crippen LogP contribution < -0.4 is 5.32 Å². The molecular weight excluding hydrogens is 376 g/mol. The molecule has 1 aliphatic rings. The number of carbonyl (C=O) groups is 1. The van der Waals surface area contributed by atoms with Crippen LogP contribution in [-0.2, 0) is 11.2 Å². The number of thioether (sulfide) groups is 1. The summed E-state index contributed by atoms with van der Waals surface area (Å²) >= 11 is 3.20. The molecule has 1 amide bonds. The predicted octanol–water partition coefficient (Wildman–Crippen LogP) is 4.61. The molecule has 3 aromatic rings. The molecule has 4 rings (SSSR count). The van der Waals surface area contributed by atoms with Crippen LogP contribution in [0.2, 0.25) is 0 Å². The first-order valence-electron chi connectivity index (χ1n) is 9.06. The number of carbonyl (C=O) groups excluding carboxylic acids is 1. The zero-order valence-electron chi connectivity index (χ0n) is 15.4. The molecule has 140 valence electrons. The van der Waals surface area contributed by atoms with Crippen molar-refractivity contribution in [3.63, 3.8) is 0 Å². The van der Waals surface area contributed by atoms with Gasteiger partial charge in [0.05, 0.1) is 5.75 Å². The minimum atomic E-state index is -0.0166. The Bertz CT molecular complexity index is 945. The fourth-order valence-electron chi connectivity index (χ4n) is 3.07. The molecule has 0 saturated heterocycles. The standard InChI is InChI=1S/C20H22N4OS2/c1-13-5-8-17(14(2)10-13)21-19(25)12-27-20-23-22-18(24(20)15-6-7-15)11-16-4-3-9-26-16/h3-5,8-10,15H,6-7,11-12H2,1-2H3,(H,21,25). The molecule has 0 radical (unpaired) electrons. The van der Waals surface area contributed by atoms with E-state index in [9.17, 15) is 4.79 Å². The second kappa shape index (κ2) is 7.86. The number of aromatic nitrogens is 3. The van der Waals surface area contributed by atoms with E-state index >= 15 is 0 Å². The summed E-state index contributed by atoms with van der Waals surface area (Å²) in [5, 5.41) is 14.7. The summed E-state index contributed by atoms with van der Waals surface area (Å²) in [4.78, 5) is 13.7. The first-order valence-corrected chi connectivity index (χ1v) is 10.9. The molecule has 7 heteroatoms. The Kier molecular flexibility index (Phi) is 5.31. The van der Waals surface area contributed by atoms with Crippen LogP contribution in [0.5, 0.6) is 0 Å². The molecule has 0 bridgehead atoms. The van der Waals surface area contributed by atoms with Gasteiger partial charge >= 0.3 is 0 Å². The summed E-state index contributed by atoms with van der Waals surface area (Å²) < 4.78 is 2.23. The van der Waals surface area contributed by atoms with Gasteiger partial charge in [-0.2, -0.15) is 0 Å². The highest BCUT2D eigenvalue weighted by Gasteiger charge is 2.30. The fourth-order valence-corrected chi connectivity index (χ4v) is 4.59. The van der Waals surface area contributed by atoms with Gasteiger partial charge in [0, 0.05) is 23.0 Å². The van der Waals surface area contributed by atoms with Gasteiger partial charge in [0.15, 0.2) is 5.16 Å². The van der Waals surface area contributed by atoms with Gasteiger partial charge in [-0.25, -0.2) is 0 Å². The van der Waals surface area contributed by atoms with Gasteiger partial charge < -0.3 is 9.88 Å². The number of hydrogen-bond acceptors (Lipinski definition) is 5. The normalized spacial score (nSPS) is 13.7. The lowest BCUT2D eigenvalue weighted by molar-refractivity contribution is -0.113. The van der Waals surface area contributed by atoms with Crippen molar-refractivity contribution < 1.29 is 4.79 Å². The van der Waals surface area contributed by atoms with Crippen molar-refractivity contribution in [1.82, 2.24) is 14.8 Å². The summed E-state index contributed by atoms with van der Waals surface area (Å²) in [7, 11) is 0. The Morgan fingerprint density at radius 2 is 2.15 bits per heavy atom. The zero-order valence-corrected chi connectivity index (χ0v) is 17.1. The molecule has 1 saturated carbocycles. The van der Waals surface area contributed by atoms with Crippen LogP contribution in [0, 0.1) is 13.8 Å². The third kappa shape index (κ3) is 4.42. The molecule has 5 nitrogen and oxygen atoms in total. The Morgan fingerprint density at radius 1 is 1.30 bits per heavy atom. The van der Waals surface area contributed by atoms with Gasteiger partial charge in [0.1, 0.15) is 5.82 Å². The number of benzene rings is 1. The molecule has 2 heterocycles. The topological polar surface area (TPSA) is 59.8 Å². The minimum absolute atomic E-state index is 0.0166. The number of thiophene rings is 1. The van der Waals surface area contributed by atoms with Crippen molar-refractivity contribution in [2.75, 3.05) is 11.1 Å². The predicted molar refractivity (Wildman–Crippen MR) is 111 cm³/mol. The Hall–Kier alpha value is -2.12. The number of nitrogens with one attached hydrogen (secondary N) is 1. The number of hydrogen-bond donors (Lipinski definition) is 1. The zero-order chi connectivity index (χ0) is 18.8. The van der Waals surface area contributed by atoms with Crippen LogP contribution >= 0.6 is 23.1 Å². The molecule has 1 aromatic carbocycles. The smallest absolute Gasteiger partial charge is 0.234 e. The Morgan fingerprint density at radius 3 is 2.85 bits per heavy atom. The molecule has 0 atom stereocenters. The summed E-state index contributed by atoms with van der Waals surface area (Å²) in [6, 6.07) is 10.7.